The van der Waals surface area contributed by atoms with Gasteiger partial charge in [-0.25, -0.2) is 9.59 Å². The van der Waals surface area contributed by atoms with Crippen LogP contribution >= 0.6 is 0 Å². The zero-order valence-corrected chi connectivity index (χ0v) is 28.9. The lowest BCUT2D eigenvalue weighted by Crippen LogP contribution is -2.79. The zero-order chi connectivity index (χ0) is 42.2. The molecule has 0 aliphatic rings. The molecule has 53 heavy (non-hydrogen) atoms. The smallest absolute Gasteiger partial charge is 0.508 e. The normalized spacial score (nSPS) is 11.3. The first kappa shape index (κ1) is 54.5. The highest BCUT2D eigenvalue weighted by Crippen LogP contribution is 2.12. The Kier molecular flexibility index (Phi) is 32.3. The number of esters is 2. The number of nitrogens with one attached hydrogen (secondary N) is 2. The molecule has 27 heteroatoms. The van der Waals surface area contributed by atoms with Crippen molar-refractivity contribution in [3.8, 4) is 0 Å². The van der Waals surface area contributed by atoms with Gasteiger partial charge in [0.1, 0.15) is 43.6 Å². The fourth-order valence-electron chi connectivity index (χ4n) is 2.32. The van der Waals surface area contributed by atoms with Crippen molar-refractivity contribution in [3.05, 3.63) is 12.4 Å². The second-order valence-electron chi connectivity index (χ2n) is 9.01. The molecule has 0 heterocycles. The van der Waals surface area contributed by atoms with Crippen molar-refractivity contribution >= 4 is 42.1 Å². The highest BCUT2D eigenvalue weighted by Gasteiger charge is 2.29. The van der Waals surface area contributed by atoms with Crippen LogP contribution < -0.4 is 37.7 Å². The number of guanidine groups is 1. The average molecular weight is 796 g/mol. The van der Waals surface area contributed by atoms with Crippen LogP contribution in [-0.2, 0) is 57.1 Å². The highest BCUT2D eigenvalue weighted by atomic mass is 19.4. The summed E-state index contributed by atoms with van der Waals surface area (Å²) in [6.07, 6.45) is -11.5. The maximum atomic E-state index is 11.7. The number of carbonyl (C=O) groups is 6. The van der Waals surface area contributed by atoms with Crippen LogP contribution in [0.25, 0.3) is 0 Å². The Morgan fingerprint density at radius 2 is 1.08 bits per heavy atom. The lowest BCUT2D eigenvalue weighted by atomic mass is 10.2. The summed E-state index contributed by atoms with van der Waals surface area (Å²) in [4.78, 5) is 65.2. The van der Waals surface area contributed by atoms with Gasteiger partial charge in [0.25, 0.3) is 0 Å². The molecule has 0 aromatic rings. The number of alkyl halides is 6. The molecule has 0 aliphatic carbocycles. The van der Waals surface area contributed by atoms with Crippen molar-refractivity contribution in [2.45, 2.75) is 18.8 Å². The first-order chi connectivity index (χ1) is 24.4. The van der Waals surface area contributed by atoms with Gasteiger partial charge >= 0.3 is 42.6 Å². The van der Waals surface area contributed by atoms with Gasteiger partial charge in [0, 0.05) is 20.8 Å². The first-order valence-corrected chi connectivity index (χ1v) is 14.1. The van der Waals surface area contributed by atoms with Gasteiger partial charge in [-0.15, -0.1) is 0 Å². The molecule has 0 saturated heterocycles. The molecule has 9 N–H and O–H groups in total. The monoisotopic (exact) mass is 795 g/mol. The van der Waals surface area contributed by atoms with E-state index in [1.807, 2.05) is 0 Å². The second-order valence-corrected chi connectivity index (χ2v) is 9.01. The van der Waals surface area contributed by atoms with E-state index in [-0.39, 0.29) is 52.1 Å². The number of halogens is 6. The third kappa shape index (κ3) is 37.8. The van der Waals surface area contributed by atoms with E-state index in [0.717, 1.165) is 0 Å². The summed E-state index contributed by atoms with van der Waals surface area (Å²) in [6.45, 7) is 4.64. The van der Waals surface area contributed by atoms with Gasteiger partial charge in [-0.1, -0.05) is 0 Å². The Balaban J connectivity index is -0.000000335. The van der Waals surface area contributed by atoms with Crippen molar-refractivity contribution < 1.29 is 114 Å². The summed E-state index contributed by atoms with van der Waals surface area (Å²) in [6, 6.07) is 0. The van der Waals surface area contributed by atoms with Crippen molar-refractivity contribution in [1.29, 1.82) is 0 Å². The first-order valence-electron chi connectivity index (χ1n) is 14.1. The molecule has 21 nitrogen and oxygen atoms in total. The number of rotatable bonds is 18. The van der Waals surface area contributed by atoms with Gasteiger partial charge in [0.2, 0.25) is 0 Å². The maximum absolute atomic E-state index is 11.7. The van der Waals surface area contributed by atoms with E-state index in [4.69, 9.17) is 55.0 Å². The summed E-state index contributed by atoms with van der Waals surface area (Å²) in [5.41, 5.74) is 13.9. The van der Waals surface area contributed by atoms with Gasteiger partial charge in [0.05, 0.1) is 40.6 Å². The molecule has 0 fully saturated rings. The Hall–Kier alpha value is -5.31. The molecule has 2 atom stereocenters. The number of hydrogen-bond acceptors (Lipinski definition) is 17. The fraction of sp³-hybridized carbons (Fsp3) is 0.654. The minimum absolute atomic E-state index is 0.0403. The lowest BCUT2D eigenvalue weighted by Gasteiger charge is -2.15. The number of carboxylic acid groups (broad SMARTS) is 2. The summed E-state index contributed by atoms with van der Waals surface area (Å²) in [7, 11) is 5.23. The van der Waals surface area contributed by atoms with Crippen LogP contribution in [0.15, 0.2) is 12.4 Å². The van der Waals surface area contributed by atoms with Gasteiger partial charge in [-0.05, 0) is 13.0 Å². The van der Waals surface area contributed by atoms with E-state index in [9.17, 15) is 45.5 Å². The Bertz CT molecular complexity index is 1110. The fourth-order valence-corrected chi connectivity index (χ4v) is 2.32. The van der Waals surface area contributed by atoms with E-state index < -0.39 is 60.4 Å². The number of nitrogens with two attached hydrogens (primary N) is 2. The number of carboxylic acids is 2. The minimum Gasteiger partial charge on any atom is -0.542 e. The molecule has 0 aromatic carbocycles. The zero-order valence-electron chi connectivity index (χ0n) is 28.9. The molecule has 0 amide bonds. The third-order valence-electron chi connectivity index (χ3n) is 4.62. The van der Waals surface area contributed by atoms with Crippen molar-refractivity contribution in [2.75, 3.05) is 81.2 Å². The van der Waals surface area contributed by atoms with Crippen LogP contribution in [0.3, 0.4) is 0 Å². The maximum Gasteiger partial charge on any atom is 0.508 e. The molecule has 2 unspecified atom stereocenters. The average Bonchev–Trinajstić information content (AvgIpc) is 3.05. The number of hydrogen-bond donors (Lipinski definition) is 5. The Morgan fingerprint density at radius 3 is 1.36 bits per heavy atom. The van der Waals surface area contributed by atoms with E-state index >= 15 is 0 Å². The molecule has 0 rings (SSSR count). The Labute approximate surface area is 297 Å². The largest absolute Gasteiger partial charge is 0.542 e. The SMILES string of the molecule is C=C([NH3+])NCCCOC(=O)C(COC)COC(=O)OC.COCC(COC(=O)OC)C(=O)OCC[NH+]=C(N)N.O=C([O-])C(F)(F)F.O=C([O-])C(F)(F)F. The number of ether oxygens (including phenoxy) is 8. The molecule has 0 spiro atoms. The minimum atomic E-state index is -5.19. The number of quaternary nitrogens is 1. The predicted molar refractivity (Wildman–Crippen MR) is 155 cm³/mol. The number of aliphatic carboxylic acids is 2. The van der Waals surface area contributed by atoms with Crippen LogP contribution in [0, 0.1) is 11.8 Å². The molecular formula is C26H43F6N5O16. The van der Waals surface area contributed by atoms with E-state index in [1.54, 1.807) is 0 Å². The molecule has 0 aromatic heterocycles. The van der Waals surface area contributed by atoms with Crippen LogP contribution in [0.2, 0.25) is 0 Å². The van der Waals surface area contributed by atoms with Gasteiger partial charge < -0.3 is 68.7 Å². The Morgan fingerprint density at radius 1 is 0.717 bits per heavy atom. The van der Waals surface area contributed by atoms with Crippen LogP contribution in [0.1, 0.15) is 6.42 Å². The van der Waals surface area contributed by atoms with Crippen LogP contribution in [0.5, 0.6) is 0 Å². The van der Waals surface area contributed by atoms with Crippen molar-refractivity contribution in [2.24, 2.45) is 23.3 Å². The quantitative estimate of drug-likeness (QED) is 0.0216. The van der Waals surface area contributed by atoms with Crippen LogP contribution in [-0.4, -0.2) is 136 Å². The van der Waals surface area contributed by atoms with Gasteiger partial charge in [-0.2, -0.15) is 26.3 Å². The van der Waals surface area contributed by atoms with Gasteiger partial charge in [0.15, 0.2) is 5.82 Å². The molecule has 0 bridgehead atoms. The van der Waals surface area contributed by atoms with E-state index in [2.05, 4.69) is 36.8 Å². The van der Waals surface area contributed by atoms with Crippen molar-refractivity contribution in [3.63, 3.8) is 0 Å². The summed E-state index contributed by atoms with van der Waals surface area (Å²) in [5.74, 6) is -7.79. The van der Waals surface area contributed by atoms with Crippen LogP contribution in [0.4, 0.5) is 35.9 Å². The number of carbonyl (C=O) groups excluding carboxylic acids is 6. The topological polar surface area (TPSA) is 328 Å². The molecule has 310 valence electrons. The predicted octanol–water partition coefficient (Wildman–Crippen LogP) is -5.21. The van der Waals surface area contributed by atoms with E-state index in [0.29, 0.717) is 18.8 Å². The third-order valence-corrected chi connectivity index (χ3v) is 4.62. The molecule has 0 aliphatic heterocycles. The van der Waals surface area contributed by atoms with Crippen molar-refractivity contribution in [1.82, 2.24) is 5.32 Å². The summed E-state index contributed by atoms with van der Waals surface area (Å²) >= 11 is 0. The van der Waals surface area contributed by atoms with E-state index in [1.165, 1.54) is 28.4 Å². The molecular weight excluding hydrogens is 752 g/mol. The lowest BCUT2D eigenvalue weighted by molar-refractivity contribution is -0.462. The summed E-state index contributed by atoms with van der Waals surface area (Å²) in [5, 5.41) is 20.5. The molecule has 0 saturated carbocycles. The van der Waals surface area contributed by atoms with Gasteiger partial charge in [-0.3, -0.25) is 26.0 Å². The summed E-state index contributed by atoms with van der Waals surface area (Å²) < 4.78 is 101. The highest BCUT2D eigenvalue weighted by molar-refractivity contribution is 5.74. The standard InChI is InChI=1S/C12H22N2O6.C10H19N3O6.2C2HF3O2/c1-9(13)14-5-4-6-19-11(15)10(7-17-2)8-20-12(16)18-3;1-16-5-7(6-19-10(15)17-2)8(14)18-4-3-13-9(11)12;2*3-2(4,5)1(6)7/h10,14H,1,4-8,13H2,2-3H3;7H,3-6H2,1-2H3,(H4,11,12,13);2*(H,6,7). The molecule has 0 radical (unpaired) electrons. The second kappa shape index (κ2) is 31.4. The number of methoxy groups -OCH3 is 4.